The summed E-state index contributed by atoms with van der Waals surface area (Å²) in [6.07, 6.45) is 1.72. The van der Waals surface area contributed by atoms with Crippen molar-refractivity contribution in [2.24, 2.45) is 0 Å². The second-order valence-electron chi connectivity index (χ2n) is 18.4. The smallest absolute Gasteiger partial charge is 0.101 e. The maximum atomic E-state index is 10.1. The highest BCUT2D eigenvalue weighted by atomic mass is 14.8. The van der Waals surface area contributed by atoms with Crippen molar-refractivity contribution in [3.05, 3.63) is 156 Å². The van der Waals surface area contributed by atoms with Gasteiger partial charge in [-0.05, 0) is 98.2 Å². The molecule has 0 radical (unpaired) electrons. The number of rotatable bonds is 5. The first kappa shape index (κ1) is 37.6. The molecule has 0 aliphatic rings. The molecule has 5 aromatic carbocycles. The van der Waals surface area contributed by atoms with Crippen LogP contribution in [0, 0.1) is 11.3 Å². The summed E-state index contributed by atoms with van der Waals surface area (Å²) in [5, 5.41) is 12.4. The van der Waals surface area contributed by atoms with Crippen molar-refractivity contribution in [1.29, 1.82) is 5.26 Å². The first-order chi connectivity index (χ1) is 27.1. The predicted molar refractivity (Wildman–Crippen MR) is 239 cm³/mol. The van der Waals surface area contributed by atoms with E-state index in [9.17, 15) is 5.26 Å². The van der Waals surface area contributed by atoms with Crippen molar-refractivity contribution in [2.75, 3.05) is 0 Å². The molecule has 8 aromatic rings. The van der Waals surface area contributed by atoms with Gasteiger partial charge in [-0.1, -0.05) is 141 Å². The van der Waals surface area contributed by atoms with Gasteiger partial charge < -0.3 is 4.98 Å². The van der Waals surface area contributed by atoms with E-state index in [4.69, 9.17) is 9.97 Å². The van der Waals surface area contributed by atoms with Crippen LogP contribution >= 0.6 is 0 Å². The molecule has 0 aliphatic heterocycles. The maximum Gasteiger partial charge on any atom is 0.101 e. The standard InChI is InChI=1S/C53H50N4/c1-51(2,3)38-22-16-21-35(23-38)46-24-36(33-17-12-10-13-18-33)25-48(56-46)45-29-40(53(7,8)9)27-43-42-26-39(52(4,5)6)28-44(49(42)57-50(43)45)47-30-41(37(31-54)32-55-47)34-19-14-11-15-20-34/h10-30,32,57H,1-9H3. The first-order valence-corrected chi connectivity index (χ1v) is 19.9. The fourth-order valence-electron chi connectivity index (χ4n) is 7.68. The summed E-state index contributed by atoms with van der Waals surface area (Å²) in [4.78, 5) is 14.4. The topological polar surface area (TPSA) is 65.4 Å². The zero-order valence-corrected chi connectivity index (χ0v) is 34.5. The molecule has 0 bridgehead atoms. The van der Waals surface area contributed by atoms with Crippen LogP contribution in [0.4, 0.5) is 0 Å². The van der Waals surface area contributed by atoms with Gasteiger partial charge in [0.1, 0.15) is 6.07 Å². The SMILES string of the molecule is CC(C)(C)c1cccc(-c2cc(-c3ccccc3)cc(-c3cc(C(C)(C)C)cc4c3[nH]c3c(-c5cc(-c6ccccc6)c(C#N)cn5)cc(C(C)(C)C)cc34)n2)c1. The summed E-state index contributed by atoms with van der Waals surface area (Å²) in [6.45, 7) is 20.4. The predicted octanol–water partition coefficient (Wildman–Crippen LogP) is 14.2. The molecule has 0 spiro atoms. The van der Waals surface area contributed by atoms with E-state index in [1.54, 1.807) is 6.20 Å². The number of nitrogens with one attached hydrogen (secondary N) is 1. The van der Waals surface area contributed by atoms with Crippen LogP contribution < -0.4 is 0 Å². The van der Waals surface area contributed by atoms with Crippen LogP contribution in [0.5, 0.6) is 0 Å². The van der Waals surface area contributed by atoms with E-state index in [-0.39, 0.29) is 16.2 Å². The molecule has 8 rings (SSSR count). The van der Waals surface area contributed by atoms with E-state index in [2.05, 4.69) is 183 Å². The minimum Gasteiger partial charge on any atom is -0.353 e. The lowest BCUT2D eigenvalue weighted by Crippen LogP contribution is -2.11. The monoisotopic (exact) mass is 742 g/mol. The molecule has 0 saturated carbocycles. The summed E-state index contributed by atoms with van der Waals surface area (Å²) < 4.78 is 0. The van der Waals surface area contributed by atoms with Gasteiger partial charge in [0, 0.05) is 39.2 Å². The number of hydrogen-bond donors (Lipinski definition) is 1. The Labute approximate surface area is 337 Å². The number of aromatic amines is 1. The van der Waals surface area contributed by atoms with Crippen LogP contribution in [0.25, 0.3) is 77.8 Å². The zero-order valence-electron chi connectivity index (χ0n) is 34.5. The Bertz CT molecular complexity index is 2830. The summed E-state index contributed by atoms with van der Waals surface area (Å²) in [5.41, 5.74) is 16.0. The molecular formula is C53H50N4. The van der Waals surface area contributed by atoms with E-state index in [0.717, 1.165) is 77.8 Å². The highest BCUT2D eigenvalue weighted by Gasteiger charge is 2.25. The molecular weight excluding hydrogens is 693 g/mol. The van der Waals surface area contributed by atoms with E-state index in [1.165, 1.54) is 16.7 Å². The largest absolute Gasteiger partial charge is 0.353 e. The highest BCUT2D eigenvalue weighted by molar-refractivity contribution is 6.16. The average molecular weight is 743 g/mol. The Hall–Kier alpha value is -6.31. The Balaban J connectivity index is 1.45. The van der Waals surface area contributed by atoms with E-state index in [1.807, 2.05) is 18.2 Å². The van der Waals surface area contributed by atoms with Gasteiger partial charge in [-0.3, -0.25) is 4.98 Å². The number of H-pyrrole nitrogens is 1. The van der Waals surface area contributed by atoms with Gasteiger partial charge in [0.15, 0.2) is 0 Å². The Morgan fingerprint density at radius 2 is 0.982 bits per heavy atom. The Kier molecular flexibility index (Phi) is 9.24. The fourth-order valence-corrected chi connectivity index (χ4v) is 7.68. The molecule has 3 aromatic heterocycles. The molecule has 0 fully saturated rings. The number of aromatic nitrogens is 3. The second kappa shape index (κ2) is 14.0. The summed E-state index contributed by atoms with van der Waals surface area (Å²) >= 11 is 0. The lowest BCUT2D eigenvalue weighted by atomic mass is 9.83. The van der Waals surface area contributed by atoms with Gasteiger partial charge in [-0.15, -0.1) is 0 Å². The van der Waals surface area contributed by atoms with Crippen LogP contribution in [0.15, 0.2) is 134 Å². The molecule has 0 atom stereocenters. The summed E-state index contributed by atoms with van der Waals surface area (Å²) in [6, 6.07) is 47.8. The summed E-state index contributed by atoms with van der Waals surface area (Å²) in [7, 11) is 0. The van der Waals surface area contributed by atoms with Gasteiger partial charge in [-0.25, -0.2) is 4.98 Å². The van der Waals surface area contributed by atoms with Crippen LogP contribution in [-0.4, -0.2) is 15.0 Å². The van der Waals surface area contributed by atoms with Crippen molar-refractivity contribution in [2.45, 2.75) is 78.6 Å². The molecule has 4 heteroatoms. The van der Waals surface area contributed by atoms with Crippen molar-refractivity contribution in [3.63, 3.8) is 0 Å². The lowest BCUT2D eigenvalue weighted by molar-refractivity contribution is 0.590. The van der Waals surface area contributed by atoms with Crippen LogP contribution in [0.2, 0.25) is 0 Å². The van der Waals surface area contributed by atoms with Crippen molar-refractivity contribution in [3.8, 4) is 62.1 Å². The number of nitrogens with zero attached hydrogens (tertiary/aromatic N) is 3. The molecule has 0 amide bonds. The molecule has 282 valence electrons. The van der Waals surface area contributed by atoms with E-state index in [0.29, 0.717) is 5.56 Å². The average Bonchev–Trinajstić information content (AvgIpc) is 3.58. The van der Waals surface area contributed by atoms with Gasteiger partial charge >= 0.3 is 0 Å². The number of benzene rings is 5. The molecule has 4 nitrogen and oxygen atoms in total. The minimum absolute atomic E-state index is 0.00268. The second-order valence-corrected chi connectivity index (χ2v) is 18.4. The van der Waals surface area contributed by atoms with Crippen molar-refractivity contribution in [1.82, 2.24) is 15.0 Å². The van der Waals surface area contributed by atoms with Crippen LogP contribution in [-0.2, 0) is 16.2 Å². The van der Waals surface area contributed by atoms with E-state index >= 15 is 0 Å². The number of fused-ring (bicyclic) bond motifs is 3. The first-order valence-electron chi connectivity index (χ1n) is 19.9. The fraction of sp³-hybridized carbons (Fsp3) is 0.226. The van der Waals surface area contributed by atoms with Crippen LogP contribution in [0.3, 0.4) is 0 Å². The molecule has 1 N–H and O–H groups in total. The third-order valence-corrected chi connectivity index (χ3v) is 11.2. The third kappa shape index (κ3) is 7.27. The van der Waals surface area contributed by atoms with Gasteiger partial charge in [0.05, 0.1) is 33.7 Å². The minimum atomic E-state index is -0.131. The third-order valence-electron chi connectivity index (χ3n) is 11.2. The number of pyridine rings is 2. The molecule has 0 aliphatic carbocycles. The molecule has 3 heterocycles. The quantitative estimate of drug-likeness (QED) is 0.191. The molecule has 0 unspecified atom stereocenters. The molecule has 57 heavy (non-hydrogen) atoms. The number of nitriles is 1. The normalized spacial score (nSPS) is 12.3. The van der Waals surface area contributed by atoms with Crippen molar-refractivity contribution >= 4 is 21.8 Å². The van der Waals surface area contributed by atoms with Gasteiger partial charge in [-0.2, -0.15) is 5.26 Å². The lowest BCUT2D eigenvalue weighted by Gasteiger charge is -2.22. The number of hydrogen-bond acceptors (Lipinski definition) is 3. The molecule has 0 saturated heterocycles. The van der Waals surface area contributed by atoms with Gasteiger partial charge in [0.2, 0.25) is 0 Å². The van der Waals surface area contributed by atoms with Crippen LogP contribution in [0.1, 0.15) is 84.6 Å². The van der Waals surface area contributed by atoms with E-state index < -0.39 is 0 Å². The Morgan fingerprint density at radius 1 is 0.456 bits per heavy atom. The highest BCUT2D eigenvalue weighted by Crippen LogP contribution is 2.44. The zero-order chi connectivity index (χ0) is 40.3. The maximum absolute atomic E-state index is 10.1. The summed E-state index contributed by atoms with van der Waals surface area (Å²) in [5.74, 6) is 0. The Morgan fingerprint density at radius 3 is 1.54 bits per heavy atom. The van der Waals surface area contributed by atoms with Gasteiger partial charge in [0.25, 0.3) is 0 Å². The van der Waals surface area contributed by atoms with Crippen molar-refractivity contribution < 1.29 is 0 Å².